The van der Waals surface area contributed by atoms with E-state index >= 15 is 0 Å². The van der Waals surface area contributed by atoms with Crippen LogP contribution in [0.2, 0.25) is 0 Å². The Morgan fingerprint density at radius 2 is 1.83 bits per heavy atom. The molecule has 7 nitrogen and oxygen atoms in total. The second-order valence-electron chi connectivity index (χ2n) is 7.76. The first-order valence-corrected chi connectivity index (χ1v) is 9.48. The van der Waals surface area contributed by atoms with E-state index in [0.29, 0.717) is 11.7 Å². The molecule has 1 N–H and O–H groups in total. The first-order chi connectivity index (χ1) is 13.9. The minimum Gasteiger partial charge on any atom is -0.339 e. The summed E-state index contributed by atoms with van der Waals surface area (Å²) in [7, 11) is 0. The number of carbonyl (C=O) groups is 2. The maximum absolute atomic E-state index is 13.1. The molecule has 2 aromatic rings. The molecule has 0 fully saturated rings. The van der Waals surface area contributed by atoms with Crippen LogP contribution in [0.15, 0.2) is 28.8 Å². The Bertz CT molecular complexity index is 888. The van der Waals surface area contributed by atoms with Gasteiger partial charge in [0.1, 0.15) is 0 Å². The first kappa shape index (κ1) is 23.4. The molecule has 0 radical (unpaired) electrons. The van der Waals surface area contributed by atoms with Crippen LogP contribution in [0.1, 0.15) is 51.4 Å². The van der Waals surface area contributed by atoms with Gasteiger partial charge in [0, 0.05) is 24.8 Å². The number of anilines is 1. The van der Waals surface area contributed by atoms with Crippen molar-refractivity contribution in [1.29, 1.82) is 0 Å². The van der Waals surface area contributed by atoms with Crippen LogP contribution in [0, 0.1) is 0 Å². The van der Waals surface area contributed by atoms with Crippen LogP contribution in [0.25, 0.3) is 0 Å². The van der Waals surface area contributed by atoms with E-state index in [1.54, 1.807) is 6.92 Å². The van der Waals surface area contributed by atoms with Gasteiger partial charge >= 0.3 is 6.18 Å². The van der Waals surface area contributed by atoms with E-state index in [1.165, 1.54) is 23.1 Å². The summed E-state index contributed by atoms with van der Waals surface area (Å²) >= 11 is 0. The first-order valence-electron chi connectivity index (χ1n) is 9.48. The maximum atomic E-state index is 13.1. The third kappa shape index (κ3) is 6.30. The van der Waals surface area contributed by atoms with Crippen LogP contribution in [0.3, 0.4) is 0 Å². The highest BCUT2D eigenvalue weighted by Gasteiger charge is 2.33. The fourth-order valence-corrected chi connectivity index (χ4v) is 2.61. The van der Waals surface area contributed by atoms with E-state index in [1.807, 2.05) is 20.8 Å². The highest BCUT2D eigenvalue weighted by atomic mass is 19.4. The Labute approximate surface area is 172 Å². The van der Waals surface area contributed by atoms with Crippen molar-refractivity contribution in [2.45, 2.75) is 52.1 Å². The molecule has 164 valence electrons. The predicted octanol–water partition coefficient (Wildman–Crippen LogP) is 3.81. The molecule has 0 saturated carbocycles. The van der Waals surface area contributed by atoms with Gasteiger partial charge in [0.2, 0.25) is 17.7 Å². The topological polar surface area (TPSA) is 88.3 Å². The molecule has 2 amide bonds. The molecule has 0 atom stereocenters. The molecule has 1 heterocycles. The van der Waals surface area contributed by atoms with Gasteiger partial charge in [-0.25, -0.2) is 0 Å². The number of aromatic nitrogens is 2. The number of alkyl halides is 3. The Morgan fingerprint density at radius 3 is 2.40 bits per heavy atom. The van der Waals surface area contributed by atoms with Gasteiger partial charge in [-0.1, -0.05) is 38.1 Å². The van der Waals surface area contributed by atoms with Crippen molar-refractivity contribution in [3.63, 3.8) is 0 Å². The maximum Gasteiger partial charge on any atom is 0.418 e. The normalized spacial score (nSPS) is 12.0. The van der Waals surface area contributed by atoms with Crippen LogP contribution >= 0.6 is 0 Å². The summed E-state index contributed by atoms with van der Waals surface area (Å²) in [6.07, 6.45) is -4.36. The summed E-state index contributed by atoms with van der Waals surface area (Å²) in [5, 5.41) is 6.12. The summed E-state index contributed by atoms with van der Waals surface area (Å²) in [5.74, 6) is -0.213. The van der Waals surface area contributed by atoms with Gasteiger partial charge in [-0.3, -0.25) is 9.59 Å². The second-order valence-corrected chi connectivity index (χ2v) is 7.76. The predicted molar refractivity (Wildman–Crippen MR) is 104 cm³/mol. The summed E-state index contributed by atoms with van der Waals surface area (Å²) in [4.78, 5) is 30.2. The summed E-state index contributed by atoms with van der Waals surface area (Å²) in [6, 6.07) is 4.68. The number of halogens is 3. The van der Waals surface area contributed by atoms with E-state index in [0.717, 1.165) is 6.07 Å². The zero-order chi connectivity index (χ0) is 22.5. The van der Waals surface area contributed by atoms with Gasteiger partial charge in [0.25, 0.3) is 0 Å². The van der Waals surface area contributed by atoms with E-state index in [2.05, 4.69) is 15.5 Å². The number of likely N-dealkylation sites (N-methyl/N-ethyl adjacent to an activating group) is 1. The highest BCUT2D eigenvalue weighted by molar-refractivity contribution is 5.95. The van der Waals surface area contributed by atoms with Crippen molar-refractivity contribution in [2.75, 3.05) is 18.4 Å². The van der Waals surface area contributed by atoms with Crippen LogP contribution in [0.4, 0.5) is 18.9 Å². The lowest BCUT2D eigenvalue weighted by Gasteiger charge is -2.21. The third-order valence-corrected chi connectivity index (χ3v) is 4.27. The number of aryl methyl sites for hydroxylation is 1. The third-order valence-electron chi connectivity index (χ3n) is 4.27. The van der Waals surface area contributed by atoms with E-state index in [9.17, 15) is 22.8 Å². The van der Waals surface area contributed by atoms with Crippen molar-refractivity contribution in [2.24, 2.45) is 0 Å². The Hall–Kier alpha value is -2.91. The number of rotatable bonds is 7. The monoisotopic (exact) mass is 426 g/mol. The SMILES string of the molecule is CCN(CC(=O)Nc1ccccc1C(F)(F)F)C(=O)CCc1nc(C(C)(C)C)no1. The molecular formula is C20H25F3N4O3. The lowest BCUT2D eigenvalue weighted by Crippen LogP contribution is -2.38. The Kier molecular flexibility index (Phi) is 7.22. The minimum absolute atomic E-state index is 0.0338. The zero-order valence-electron chi connectivity index (χ0n) is 17.3. The van der Waals surface area contributed by atoms with Crippen molar-refractivity contribution >= 4 is 17.5 Å². The molecule has 1 aromatic heterocycles. The van der Waals surface area contributed by atoms with E-state index in [4.69, 9.17) is 4.52 Å². The molecule has 0 bridgehead atoms. The standard InChI is InChI=1S/C20H25F3N4O3/c1-5-27(17(29)11-10-16-25-18(26-30-16)19(2,3)4)12-15(28)24-14-9-7-6-8-13(14)20(21,22)23/h6-9H,5,10-12H2,1-4H3,(H,24,28). The number of benzene rings is 1. The number of hydrogen-bond acceptors (Lipinski definition) is 5. The van der Waals surface area contributed by atoms with Gasteiger partial charge in [0.05, 0.1) is 17.8 Å². The molecule has 2 rings (SSSR count). The molecule has 0 spiro atoms. The van der Waals surface area contributed by atoms with Gasteiger partial charge < -0.3 is 14.7 Å². The van der Waals surface area contributed by atoms with Gasteiger partial charge in [0.15, 0.2) is 5.82 Å². The van der Waals surface area contributed by atoms with Crippen molar-refractivity contribution in [3.8, 4) is 0 Å². The van der Waals surface area contributed by atoms with Gasteiger partial charge in [-0.05, 0) is 19.1 Å². The molecule has 1 aromatic carbocycles. The lowest BCUT2D eigenvalue weighted by molar-refractivity contribution is -0.137. The molecule has 0 aliphatic rings. The molecule has 0 aliphatic heterocycles. The molecule has 0 unspecified atom stereocenters. The number of amides is 2. The van der Waals surface area contributed by atoms with Crippen molar-refractivity contribution < 1.29 is 27.3 Å². The highest BCUT2D eigenvalue weighted by Crippen LogP contribution is 2.34. The molecule has 0 saturated heterocycles. The fourth-order valence-electron chi connectivity index (χ4n) is 2.61. The largest absolute Gasteiger partial charge is 0.418 e. The van der Waals surface area contributed by atoms with E-state index in [-0.39, 0.29) is 42.9 Å². The van der Waals surface area contributed by atoms with Gasteiger partial charge in [-0.15, -0.1) is 0 Å². The molecular weight excluding hydrogens is 401 g/mol. The van der Waals surface area contributed by atoms with Crippen LogP contribution in [-0.2, 0) is 27.6 Å². The van der Waals surface area contributed by atoms with Crippen LogP contribution in [-0.4, -0.2) is 39.9 Å². The molecule has 30 heavy (non-hydrogen) atoms. The number of hydrogen-bond donors (Lipinski definition) is 1. The summed E-state index contributed by atoms with van der Waals surface area (Å²) in [5.41, 5.74) is -1.58. The van der Waals surface area contributed by atoms with Crippen molar-refractivity contribution in [3.05, 3.63) is 41.5 Å². The quantitative estimate of drug-likeness (QED) is 0.728. The Balaban J connectivity index is 1.95. The number of carbonyl (C=O) groups excluding carboxylic acids is 2. The average molecular weight is 426 g/mol. The average Bonchev–Trinajstić information content (AvgIpc) is 3.13. The lowest BCUT2D eigenvalue weighted by atomic mass is 9.96. The summed E-state index contributed by atoms with van der Waals surface area (Å²) < 4.78 is 44.3. The molecule has 10 heteroatoms. The molecule has 0 aliphatic carbocycles. The number of para-hydroxylation sites is 1. The van der Waals surface area contributed by atoms with Crippen LogP contribution in [0.5, 0.6) is 0 Å². The smallest absolute Gasteiger partial charge is 0.339 e. The number of nitrogens with one attached hydrogen (secondary N) is 1. The fraction of sp³-hybridized carbons (Fsp3) is 0.500. The summed E-state index contributed by atoms with van der Waals surface area (Å²) in [6.45, 7) is 7.34. The van der Waals surface area contributed by atoms with Crippen molar-refractivity contribution in [1.82, 2.24) is 15.0 Å². The minimum atomic E-state index is -4.60. The number of nitrogens with zero attached hydrogens (tertiary/aromatic N) is 3. The zero-order valence-corrected chi connectivity index (χ0v) is 17.3. The van der Waals surface area contributed by atoms with Gasteiger partial charge in [-0.2, -0.15) is 18.2 Å². The second kappa shape index (κ2) is 9.27. The van der Waals surface area contributed by atoms with Crippen LogP contribution < -0.4 is 5.32 Å². The van der Waals surface area contributed by atoms with E-state index < -0.39 is 17.6 Å². The Morgan fingerprint density at radius 1 is 1.17 bits per heavy atom.